The van der Waals surface area contributed by atoms with Crippen molar-refractivity contribution < 1.29 is 14.7 Å². The second-order valence-electron chi connectivity index (χ2n) is 9.32. The largest absolute Gasteiger partial charge is 0.481 e. The molecule has 4 aromatic rings. The van der Waals surface area contributed by atoms with E-state index in [2.05, 4.69) is 9.88 Å². The Labute approximate surface area is 225 Å². The monoisotopic (exact) mass is 529 g/mol. The molecule has 2 aromatic carbocycles. The second kappa shape index (κ2) is 11.6. The van der Waals surface area contributed by atoms with Gasteiger partial charge in [0.15, 0.2) is 0 Å². The van der Waals surface area contributed by atoms with E-state index in [1.54, 1.807) is 6.20 Å². The maximum atomic E-state index is 13.3. The highest BCUT2D eigenvalue weighted by molar-refractivity contribution is 6.30. The number of carboxylic acids is 1. The van der Waals surface area contributed by atoms with Crippen LogP contribution in [-0.2, 0) is 11.2 Å². The summed E-state index contributed by atoms with van der Waals surface area (Å²) in [6.45, 7) is 2.75. The number of pyridine rings is 1. The molecule has 8 nitrogen and oxygen atoms in total. The van der Waals surface area contributed by atoms with Gasteiger partial charge in [-0.2, -0.15) is 0 Å². The Bertz CT molecular complexity index is 1440. The Balaban J connectivity index is 1.37. The Morgan fingerprint density at radius 3 is 2.42 bits per heavy atom. The van der Waals surface area contributed by atoms with Crippen molar-refractivity contribution in [2.45, 2.75) is 25.7 Å². The molecule has 0 saturated carbocycles. The smallest absolute Gasteiger partial charge is 0.303 e. The lowest BCUT2D eigenvalue weighted by atomic mass is 10.0. The number of carboxylic acid groups (broad SMARTS) is 1. The molecule has 0 aliphatic carbocycles. The fourth-order valence-electron chi connectivity index (χ4n) is 4.70. The maximum Gasteiger partial charge on any atom is 0.303 e. The van der Waals surface area contributed by atoms with E-state index in [1.807, 2.05) is 65.7 Å². The third-order valence-corrected chi connectivity index (χ3v) is 6.99. The molecule has 1 saturated heterocycles. The minimum atomic E-state index is -0.808. The molecule has 0 bridgehead atoms. The fourth-order valence-corrected chi connectivity index (χ4v) is 4.82. The first-order valence-corrected chi connectivity index (χ1v) is 13.1. The van der Waals surface area contributed by atoms with Crippen LogP contribution in [0.3, 0.4) is 0 Å². The number of nitrogens with zero attached hydrogens (tertiary/aromatic N) is 5. The van der Waals surface area contributed by atoms with E-state index in [4.69, 9.17) is 26.7 Å². The van der Waals surface area contributed by atoms with Crippen LogP contribution in [0.15, 0.2) is 67.0 Å². The predicted molar refractivity (Wildman–Crippen MR) is 148 cm³/mol. The van der Waals surface area contributed by atoms with Gasteiger partial charge in [0.1, 0.15) is 0 Å². The molecular weight excluding hydrogens is 502 g/mol. The van der Waals surface area contributed by atoms with Crippen molar-refractivity contribution in [3.05, 3.63) is 83.3 Å². The molecule has 1 aliphatic heterocycles. The van der Waals surface area contributed by atoms with Crippen molar-refractivity contribution in [2.24, 2.45) is 0 Å². The predicted octanol–water partition coefficient (Wildman–Crippen LogP) is 5.11. The van der Waals surface area contributed by atoms with Crippen LogP contribution in [0.4, 0.5) is 5.69 Å². The zero-order valence-electron chi connectivity index (χ0n) is 20.9. The number of fused-ring (bicyclic) bond motifs is 1. The van der Waals surface area contributed by atoms with E-state index in [0.29, 0.717) is 54.0 Å². The molecule has 1 N–H and O–H groups in total. The standard InChI is InChI=1S/C29H28ClN5O3/c30-22-10-7-20(8-11-22)28-25(5-1-2-6-27(36)37)32-26-18-21(9-12-24(26)33-28)29(38)35-16-14-34(15-17-35)23-4-3-13-31-19-23/h3-4,7-13,18-19H,1-2,5-6,14-17H2,(H,36,37). The third-order valence-electron chi connectivity index (χ3n) is 6.73. The fraction of sp³-hybridized carbons (Fsp3) is 0.276. The van der Waals surface area contributed by atoms with E-state index in [0.717, 1.165) is 35.7 Å². The summed E-state index contributed by atoms with van der Waals surface area (Å²) < 4.78 is 0. The van der Waals surface area contributed by atoms with Gasteiger partial charge >= 0.3 is 5.97 Å². The van der Waals surface area contributed by atoms with Crippen molar-refractivity contribution in [2.75, 3.05) is 31.1 Å². The number of rotatable bonds is 8. The summed E-state index contributed by atoms with van der Waals surface area (Å²) in [6, 6.07) is 16.8. The van der Waals surface area contributed by atoms with Gasteiger partial charge in [0, 0.05) is 54.9 Å². The van der Waals surface area contributed by atoms with Crippen LogP contribution in [0.1, 0.15) is 35.3 Å². The molecule has 0 spiro atoms. The summed E-state index contributed by atoms with van der Waals surface area (Å²) in [5, 5.41) is 9.63. The minimum absolute atomic E-state index is 0.0238. The molecule has 38 heavy (non-hydrogen) atoms. The molecule has 2 aromatic heterocycles. The van der Waals surface area contributed by atoms with Crippen LogP contribution in [-0.4, -0.2) is 63.0 Å². The average molecular weight is 530 g/mol. The van der Waals surface area contributed by atoms with Crippen LogP contribution in [0.25, 0.3) is 22.3 Å². The summed E-state index contributed by atoms with van der Waals surface area (Å²) in [7, 11) is 0. The van der Waals surface area contributed by atoms with Crippen LogP contribution in [0.5, 0.6) is 0 Å². The van der Waals surface area contributed by atoms with Gasteiger partial charge in [0.2, 0.25) is 0 Å². The first kappa shape index (κ1) is 25.6. The van der Waals surface area contributed by atoms with Crippen LogP contribution < -0.4 is 4.90 Å². The normalized spacial score (nSPS) is 13.6. The number of halogens is 1. The highest BCUT2D eigenvalue weighted by Gasteiger charge is 2.23. The molecule has 9 heteroatoms. The van der Waals surface area contributed by atoms with Gasteiger partial charge in [-0.25, -0.2) is 9.97 Å². The molecular formula is C29H28ClN5O3. The van der Waals surface area contributed by atoms with Gasteiger partial charge in [0.05, 0.1) is 34.3 Å². The number of carbonyl (C=O) groups is 2. The molecule has 3 heterocycles. The number of amides is 1. The molecule has 0 unspecified atom stereocenters. The highest BCUT2D eigenvalue weighted by atomic mass is 35.5. The van der Waals surface area contributed by atoms with E-state index in [9.17, 15) is 9.59 Å². The molecule has 1 aliphatic rings. The number of hydrogen-bond donors (Lipinski definition) is 1. The van der Waals surface area contributed by atoms with Crippen molar-refractivity contribution in [3.8, 4) is 11.3 Å². The van der Waals surface area contributed by atoms with Gasteiger partial charge in [-0.1, -0.05) is 23.7 Å². The van der Waals surface area contributed by atoms with Crippen LogP contribution in [0, 0.1) is 0 Å². The Hall–Kier alpha value is -4.04. The second-order valence-corrected chi connectivity index (χ2v) is 9.76. The number of aromatic nitrogens is 3. The minimum Gasteiger partial charge on any atom is -0.481 e. The Morgan fingerprint density at radius 1 is 0.921 bits per heavy atom. The van der Waals surface area contributed by atoms with Gasteiger partial charge in [-0.3, -0.25) is 14.6 Å². The number of piperazine rings is 1. The van der Waals surface area contributed by atoms with Crippen LogP contribution in [0.2, 0.25) is 5.02 Å². The molecule has 1 amide bonds. The Morgan fingerprint density at radius 2 is 1.71 bits per heavy atom. The number of aliphatic carboxylic acids is 1. The summed E-state index contributed by atoms with van der Waals surface area (Å²) in [5.41, 5.74) is 5.40. The molecule has 194 valence electrons. The molecule has 0 radical (unpaired) electrons. The Kier molecular flexibility index (Phi) is 7.79. The van der Waals surface area contributed by atoms with E-state index in [-0.39, 0.29) is 12.3 Å². The number of aryl methyl sites for hydroxylation is 1. The van der Waals surface area contributed by atoms with Gasteiger partial charge in [-0.05, 0) is 61.7 Å². The van der Waals surface area contributed by atoms with E-state index in [1.165, 1.54) is 0 Å². The van der Waals surface area contributed by atoms with Gasteiger partial charge < -0.3 is 14.9 Å². The quantitative estimate of drug-likeness (QED) is 0.317. The summed E-state index contributed by atoms with van der Waals surface area (Å²) in [6.07, 6.45) is 5.53. The van der Waals surface area contributed by atoms with Crippen molar-refractivity contribution in [1.82, 2.24) is 19.9 Å². The lowest BCUT2D eigenvalue weighted by molar-refractivity contribution is -0.137. The number of benzene rings is 2. The zero-order chi connectivity index (χ0) is 26.5. The number of unbranched alkanes of at least 4 members (excludes halogenated alkanes) is 1. The molecule has 0 atom stereocenters. The maximum absolute atomic E-state index is 13.3. The molecule has 5 rings (SSSR count). The third kappa shape index (κ3) is 5.92. The van der Waals surface area contributed by atoms with Crippen molar-refractivity contribution in [1.29, 1.82) is 0 Å². The first-order valence-electron chi connectivity index (χ1n) is 12.7. The SMILES string of the molecule is O=C(O)CCCCc1nc2cc(C(=O)N3CCN(c4cccnc4)CC3)ccc2nc1-c1ccc(Cl)cc1. The van der Waals surface area contributed by atoms with E-state index >= 15 is 0 Å². The summed E-state index contributed by atoms with van der Waals surface area (Å²) >= 11 is 6.08. The van der Waals surface area contributed by atoms with Crippen LogP contribution >= 0.6 is 11.6 Å². The van der Waals surface area contributed by atoms with Crippen molar-refractivity contribution >= 4 is 40.2 Å². The van der Waals surface area contributed by atoms with Crippen molar-refractivity contribution in [3.63, 3.8) is 0 Å². The lowest BCUT2D eigenvalue weighted by Crippen LogP contribution is -2.48. The van der Waals surface area contributed by atoms with Gasteiger partial charge in [-0.15, -0.1) is 0 Å². The summed E-state index contributed by atoms with van der Waals surface area (Å²) in [4.78, 5) is 42.4. The summed E-state index contributed by atoms with van der Waals surface area (Å²) in [5.74, 6) is -0.832. The van der Waals surface area contributed by atoms with E-state index < -0.39 is 5.97 Å². The zero-order valence-corrected chi connectivity index (χ0v) is 21.6. The van der Waals surface area contributed by atoms with Gasteiger partial charge in [0.25, 0.3) is 5.91 Å². The highest BCUT2D eigenvalue weighted by Crippen LogP contribution is 2.27. The number of hydrogen-bond acceptors (Lipinski definition) is 6. The number of anilines is 1. The average Bonchev–Trinajstić information content (AvgIpc) is 2.95. The number of carbonyl (C=O) groups excluding carboxylic acids is 1. The topological polar surface area (TPSA) is 99.5 Å². The lowest BCUT2D eigenvalue weighted by Gasteiger charge is -2.36. The first-order chi connectivity index (χ1) is 18.5. The molecule has 1 fully saturated rings.